The molecule has 0 saturated heterocycles. The predicted octanol–water partition coefficient (Wildman–Crippen LogP) is 2.03. The molecule has 1 unspecified atom stereocenters. The minimum atomic E-state index is -0.225. The quantitative estimate of drug-likeness (QED) is 0.707. The fourth-order valence-electron chi connectivity index (χ4n) is 1.30. The molecule has 4 heteroatoms. The number of nitrogens with one attached hydrogen (secondary N) is 1. The van der Waals surface area contributed by atoms with Crippen molar-refractivity contribution in [2.24, 2.45) is 0 Å². The van der Waals surface area contributed by atoms with Crippen LogP contribution in [0.15, 0.2) is 18.2 Å². The molecule has 1 heterocycles. The van der Waals surface area contributed by atoms with Crippen molar-refractivity contribution in [2.75, 3.05) is 6.54 Å². The molecule has 0 saturated carbocycles. The Labute approximate surface area is 84.2 Å². The molecule has 1 atom stereocenters. The normalized spacial score (nSPS) is 21.5. The first-order chi connectivity index (χ1) is 6.25. The van der Waals surface area contributed by atoms with Crippen LogP contribution in [-0.2, 0) is 6.54 Å². The minimum Gasteiger partial charge on any atom is -0.478 e. The Balaban J connectivity index is 2.34. The van der Waals surface area contributed by atoms with Crippen molar-refractivity contribution in [3.8, 4) is 5.75 Å². The van der Waals surface area contributed by atoms with Gasteiger partial charge >= 0.3 is 0 Å². The number of hydrogen-bond donors (Lipinski definition) is 1. The number of rotatable bonds is 0. The lowest BCUT2D eigenvalue weighted by Gasteiger charge is -2.09. The molecule has 0 fully saturated rings. The maximum absolute atomic E-state index is 12.8. The molecule has 0 amide bonds. The molecule has 70 valence electrons. The monoisotopic (exact) mass is 245 g/mol. The molecule has 1 aromatic rings. The Hall–Kier alpha value is -0.610. The van der Waals surface area contributed by atoms with Crippen LogP contribution in [0.25, 0.3) is 0 Å². The molecule has 0 spiro atoms. The van der Waals surface area contributed by atoms with Gasteiger partial charge in [0.15, 0.2) is 5.01 Å². The van der Waals surface area contributed by atoms with Gasteiger partial charge in [0.2, 0.25) is 0 Å². The van der Waals surface area contributed by atoms with E-state index in [1.807, 2.05) is 0 Å². The zero-order valence-corrected chi connectivity index (χ0v) is 8.47. The van der Waals surface area contributed by atoms with Crippen LogP contribution in [0.3, 0.4) is 0 Å². The Kier molecular flexibility index (Phi) is 2.51. The zero-order valence-electron chi connectivity index (χ0n) is 6.89. The largest absolute Gasteiger partial charge is 0.478 e. The second-order valence-electron chi connectivity index (χ2n) is 2.91. The molecule has 0 aromatic heterocycles. The van der Waals surface area contributed by atoms with Gasteiger partial charge in [0.1, 0.15) is 11.6 Å². The average Bonchev–Trinajstić information content (AvgIpc) is 2.25. The summed E-state index contributed by atoms with van der Waals surface area (Å²) in [4.78, 5) is 0. The van der Waals surface area contributed by atoms with Crippen LogP contribution < -0.4 is 10.1 Å². The lowest BCUT2D eigenvalue weighted by Crippen LogP contribution is -2.22. The molecule has 13 heavy (non-hydrogen) atoms. The number of halogens is 2. The number of fused-ring (bicyclic) bond motifs is 1. The molecule has 0 radical (unpaired) electrons. The van der Waals surface area contributed by atoms with Gasteiger partial charge in [-0.1, -0.05) is 0 Å². The van der Waals surface area contributed by atoms with Crippen molar-refractivity contribution in [2.45, 2.75) is 11.6 Å². The van der Waals surface area contributed by atoms with Crippen LogP contribution >= 0.6 is 15.9 Å². The fourth-order valence-corrected chi connectivity index (χ4v) is 1.73. The number of benzene rings is 1. The van der Waals surface area contributed by atoms with Gasteiger partial charge in [0.25, 0.3) is 0 Å². The second kappa shape index (κ2) is 3.64. The predicted molar refractivity (Wildman–Crippen MR) is 51.4 cm³/mol. The summed E-state index contributed by atoms with van der Waals surface area (Å²) in [5.41, 5.74) is 0.863. The van der Waals surface area contributed by atoms with E-state index >= 15 is 0 Å². The fraction of sp³-hybridized carbons (Fsp3) is 0.333. The third-order valence-electron chi connectivity index (χ3n) is 1.90. The van der Waals surface area contributed by atoms with Gasteiger partial charge in [-0.3, -0.25) is 0 Å². The summed E-state index contributed by atoms with van der Waals surface area (Å²) < 4.78 is 18.3. The standard InChI is InChI=1S/C9H9BrFNO/c10-9-5-12-4-6-3-7(11)1-2-8(6)13-9/h1-3,9,12H,4-5H2. The summed E-state index contributed by atoms with van der Waals surface area (Å²) in [6.45, 7) is 1.37. The summed E-state index contributed by atoms with van der Waals surface area (Å²) in [7, 11) is 0. The SMILES string of the molecule is Fc1ccc2c(c1)CNCC(Br)O2. The van der Waals surface area contributed by atoms with Crippen molar-refractivity contribution >= 4 is 15.9 Å². The second-order valence-corrected chi connectivity index (χ2v) is 3.93. The summed E-state index contributed by atoms with van der Waals surface area (Å²) in [5.74, 6) is 0.519. The third-order valence-corrected chi connectivity index (χ3v) is 2.41. The highest BCUT2D eigenvalue weighted by Gasteiger charge is 2.14. The highest BCUT2D eigenvalue weighted by Crippen LogP contribution is 2.24. The molecule has 1 aliphatic rings. The van der Waals surface area contributed by atoms with Crippen LogP contribution in [0.5, 0.6) is 5.75 Å². The molecule has 1 aliphatic heterocycles. The highest BCUT2D eigenvalue weighted by molar-refractivity contribution is 9.09. The van der Waals surface area contributed by atoms with Crippen LogP contribution in [0.4, 0.5) is 4.39 Å². The molecule has 2 rings (SSSR count). The maximum Gasteiger partial charge on any atom is 0.165 e. The minimum absolute atomic E-state index is 0.0424. The van der Waals surface area contributed by atoms with Crippen LogP contribution in [0, 0.1) is 5.82 Å². The van der Waals surface area contributed by atoms with Crippen LogP contribution in [0.1, 0.15) is 5.56 Å². The van der Waals surface area contributed by atoms with E-state index < -0.39 is 0 Å². The maximum atomic E-state index is 12.8. The van der Waals surface area contributed by atoms with E-state index in [0.717, 1.165) is 17.9 Å². The van der Waals surface area contributed by atoms with Crippen LogP contribution in [0.2, 0.25) is 0 Å². The highest BCUT2D eigenvalue weighted by atomic mass is 79.9. The zero-order chi connectivity index (χ0) is 9.26. The number of alkyl halides is 1. The Morgan fingerprint density at radius 3 is 3.23 bits per heavy atom. The van der Waals surface area contributed by atoms with Crippen molar-refractivity contribution < 1.29 is 9.13 Å². The van der Waals surface area contributed by atoms with E-state index in [4.69, 9.17) is 4.74 Å². The van der Waals surface area contributed by atoms with E-state index in [1.54, 1.807) is 6.07 Å². The molecular weight excluding hydrogens is 237 g/mol. The van der Waals surface area contributed by atoms with Gasteiger partial charge in [-0.15, -0.1) is 0 Å². The van der Waals surface area contributed by atoms with Crippen molar-refractivity contribution in [1.82, 2.24) is 5.32 Å². The first kappa shape index (κ1) is 8.97. The first-order valence-corrected chi connectivity index (χ1v) is 4.97. The Morgan fingerprint density at radius 1 is 1.54 bits per heavy atom. The van der Waals surface area contributed by atoms with Crippen molar-refractivity contribution in [3.63, 3.8) is 0 Å². The first-order valence-electron chi connectivity index (χ1n) is 4.05. The molecule has 1 N–H and O–H groups in total. The summed E-state index contributed by atoms with van der Waals surface area (Å²) in [5, 5.41) is 3.10. The van der Waals surface area contributed by atoms with Crippen molar-refractivity contribution in [1.29, 1.82) is 0 Å². The lowest BCUT2D eigenvalue weighted by molar-refractivity contribution is 0.298. The molecule has 0 bridgehead atoms. The van der Waals surface area contributed by atoms with E-state index in [1.165, 1.54) is 12.1 Å². The van der Waals surface area contributed by atoms with Gasteiger partial charge in [-0.05, 0) is 34.1 Å². The van der Waals surface area contributed by atoms with Gasteiger partial charge in [-0.2, -0.15) is 0 Å². The number of ether oxygens (including phenoxy) is 1. The van der Waals surface area contributed by atoms with Gasteiger partial charge in [0.05, 0.1) is 0 Å². The van der Waals surface area contributed by atoms with Crippen LogP contribution in [-0.4, -0.2) is 11.6 Å². The van der Waals surface area contributed by atoms with Gasteiger partial charge < -0.3 is 10.1 Å². The molecule has 2 nitrogen and oxygen atoms in total. The van der Waals surface area contributed by atoms with Crippen molar-refractivity contribution in [3.05, 3.63) is 29.6 Å². The summed E-state index contributed by atoms with van der Waals surface area (Å²) in [6, 6.07) is 4.56. The van der Waals surface area contributed by atoms with Gasteiger partial charge in [-0.25, -0.2) is 4.39 Å². The van der Waals surface area contributed by atoms with E-state index in [-0.39, 0.29) is 10.8 Å². The third kappa shape index (κ3) is 2.00. The Bertz CT molecular complexity index is 318. The van der Waals surface area contributed by atoms with Gasteiger partial charge in [0, 0.05) is 18.7 Å². The van der Waals surface area contributed by atoms with E-state index in [0.29, 0.717) is 6.54 Å². The lowest BCUT2D eigenvalue weighted by atomic mass is 10.2. The summed E-state index contributed by atoms with van der Waals surface area (Å²) in [6.07, 6.45) is 0. The van der Waals surface area contributed by atoms with E-state index in [2.05, 4.69) is 21.2 Å². The average molecular weight is 246 g/mol. The number of hydrogen-bond acceptors (Lipinski definition) is 2. The topological polar surface area (TPSA) is 21.3 Å². The molecule has 0 aliphatic carbocycles. The summed E-state index contributed by atoms with van der Waals surface area (Å²) >= 11 is 3.35. The smallest absolute Gasteiger partial charge is 0.165 e. The molecule has 1 aromatic carbocycles. The van der Waals surface area contributed by atoms with E-state index in [9.17, 15) is 4.39 Å². The molecular formula is C9H9BrFNO. The Morgan fingerprint density at radius 2 is 2.38 bits per heavy atom.